The van der Waals surface area contributed by atoms with E-state index in [1.807, 2.05) is 20.0 Å². The number of carbonyl (C=O) groups is 1. The molecule has 172 valence electrons. The first-order valence-electron chi connectivity index (χ1n) is 10.5. The minimum absolute atomic E-state index is 0.0625. The minimum Gasteiger partial charge on any atom is -0.460 e. The largest absolute Gasteiger partial charge is 0.460 e. The van der Waals surface area contributed by atoms with Crippen LogP contribution >= 0.6 is 22.9 Å². The molecule has 1 aromatic carbocycles. The Morgan fingerprint density at radius 3 is 2.69 bits per heavy atom. The SMILES string of the molecule is CC1OC2=NN(C(=O)N3CCN(S(=O)(=O)c4cc5ccc(Cl)cc5s4)CC3)CCC2N1C. The number of amides is 2. The first-order valence-corrected chi connectivity index (χ1v) is 13.1. The molecule has 2 unspecified atom stereocenters. The number of ether oxygens (including phenoxy) is 1. The van der Waals surface area contributed by atoms with E-state index in [4.69, 9.17) is 16.3 Å². The smallest absolute Gasteiger partial charge is 0.340 e. The van der Waals surface area contributed by atoms with E-state index >= 15 is 0 Å². The van der Waals surface area contributed by atoms with Crippen LogP contribution in [0.4, 0.5) is 4.79 Å². The molecule has 3 aliphatic rings. The van der Waals surface area contributed by atoms with E-state index in [9.17, 15) is 13.2 Å². The van der Waals surface area contributed by atoms with E-state index in [1.165, 1.54) is 20.7 Å². The Hall–Kier alpha value is -1.92. The Morgan fingerprint density at radius 2 is 1.94 bits per heavy atom. The molecule has 2 fully saturated rings. The third kappa shape index (κ3) is 3.75. The molecular weight excluding hydrogens is 474 g/mol. The second kappa shape index (κ2) is 8.14. The number of benzene rings is 1. The molecule has 1 aromatic heterocycles. The third-order valence-electron chi connectivity index (χ3n) is 6.26. The van der Waals surface area contributed by atoms with Gasteiger partial charge in [-0.3, -0.25) is 4.90 Å². The fourth-order valence-electron chi connectivity index (χ4n) is 4.25. The highest BCUT2D eigenvalue weighted by molar-refractivity contribution is 7.91. The molecule has 2 saturated heterocycles. The maximum atomic E-state index is 13.2. The van der Waals surface area contributed by atoms with Crippen LogP contribution in [0.25, 0.3) is 10.1 Å². The van der Waals surface area contributed by atoms with E-state index in [0.717, 1.165) is 16.5 Å². The van der Waals surface area contributed by atoms with Gasteiger partial charge >= 0.3 is 6.03 Å². The molecule has 0 spiro atoms. The summed E-state index contributed by atoms with van der Waals surface area (Å²) in [5, 5.41) is 7.29. The van der Waals surface area contributed by atoms with Gasteiger partial charge in [-0.1, -0.05) is 17.7 Å². The summed E-state index contributed by atoms with van der Waals surface area (Å²) in [4.78, 5) is 16.7. The monoisotopic (exact) mass is 497 g/mol. The van der Waals surface area contributed by atoms with Crippen LogP contribution < -0.4 is 0 Å². The molecule has 4 heterocycles. The highest BCUT2D eigenvalue weighted by Crippen LogP contribution is 2.33. The van der Waals surface area contributed by atoms with Crippen molar-refractivity contribution in [1.29, 1.82) is 0 Å². The van der Waals surface area contributed by atoms with Crippen molar-refractivity contribution in [1.82, 2.24) is 19.1 Å². The van der Waals surface area contributed by atoms with Crippen molar-refractivity contribution in [2.45, 2.75) is 29.8 Å². The van der Waals surface area contributed by atoms with Crippen LogP contribution in [0.15, 0.2) is 33.6 Å². The number of rotatable bonds is 2. The lowest BCUT2D eigenvalue weighted by molar-refractivity contribution is 0.100. The molecule has 5 rings (SSSR count). The summed E-state index contributed by atoms with van der Waals surface area (Å²) in [5.41, 5.74) is 0. The summed E-state index contributed by atoms with van der Waals surface area (Å²) in [6.07, 6.45) is 0.697. The highest BCUT2D eigenvalue weighted by Gasteiger charge is 2.40. The Balaban J connectivity index is 1.25. The zero-order valence-electron chi connectivity index (χ0n) is 17.8. The van der Waals surface area contributed by atoms with Crippen molar-refractivity contribution in [3.8, 4) is 0 Å². The standard InChI is InChI=1S/C20H24ClN5O4S2/c1-13-23(2)16-5-6-26(22-19(16)30-13)20(27)24-7-9-25(10-8-24)32(28,29)18-11-14-3-4-15(21)12-17(14)31-18/h3-4,11-13,16H,5-10H2,1-2H3. The van der Waals surface area contributed by atoms with Gasteiger partial charge in [0.25, 0.3) is 10.0 Å². The lowest BCUT2D eigenvalue weighted by atomic mass is 10.1. The maximum absolute atomic E-state index is 13.2. The lowest BCUT2D eigenvalue weighted by Crippen LogP contribution is -2.54. The predicted molar refractivity (Wildman–Crippen MR) is 123 cm³/mol. The second-order valence-corrected chi connectivity index (χ2v) is 11.9. The minimum atomic E-state index is -3.63. The fourth-order valence-corrected chi connectivity index (χ4v) is 7.50. The molecule has 32 heavy (non-hydrogen) atoms. The third-order valence-corrected chi connectivity index (χ3v) is 9.94. The molecule has 0 bridgehead atoms. The van der Waals surface area contributed by atoms with Crippen molar-refractivity contribution >= 4 is 55.0 Å². The van der Waals surface area contributed by atoms with Crippen LogP contribution in [0, 0.1) is 0 Å². The molecule has 0 aliphatic carbocycles. The molecule has 0 radical (unpaired) electrons. The number of hydrogen-bond acceptors (Lipinski definition) is 7. The van der Waals surface area contributed by atoms with Gasteiger partial charge in [0.1, 0.15) is 4.21 Å². The number of hydrazone groups is 1. The van der Waals surface area contributed by atoms with Crippen molar-refractivity contribution in [2.24, 2.45) is 5.10 Å². The Labute approximate surface area is 195 Å². The highest BCUT2D eigenvalue weighted by atomic mass is 35.5. The topological polar surface area (TPSA) is 85.8 Å². The Kier molecular flexibility index (Phi) is 5.57. The van der Waals surface area contributed by atoms with Crippen LogP contribution in [-0.2, 0) is 14.8 Å². The van der Waals surface area contributed by atoms with Crippen LogP contribution in [0.5, 0.6) is 0 Å². The normalized spacial score (nSPS) is 25.0. The van der Waals surface area contributed by atoms with Gasteiger partial charge in [-0.2, -0.15) is 4.31 Å². The summed E-state index contributed by atoms with van der Waals surface area (Å²) in [7, 11) is -1.64. The van der Waals surface area contributed by atoms with Gasteiger partial charge in [0.15, 0.2) is 6.23 Å². The van der Waals surface area contributed by atoms with Gasteiger partial charge in [-0.25, -0.2) is 18.2 Å². The molecule has 3 aliphatic heterocycles. The Bertz CT molecular complexity index is 1190. The number of carbonyl (C=O) groups excluding carboxylic acids is 1. The van der Waals surface area contributed by atoms with Crippen molar-refractivity contribution < 1.29 is 17.9 Å². The number of likely N-dealkylation sites (N-methyl/N-ethyl adjacent to an activating group) is 1. The first kappa shape index (κ1) is 21.9. The zero-order valence-corrected chi connectivity index (χ0v) is 20.2. The second-order valence-electron chi connectivity index (χ2n) is 8.17. The Morgan fingerprint density at radius 1 is 1.19 bits per heavy atom. The predicted octanol–water partition coefficient (Wildman–Crippen LogP) is 2.68. The number of piperazine rings is 1. The van der Waals surface area contributed by atoms with E-state index < -0.39 is 10.0 Å². The lowest BCUT2D eigenvalue weighted by Gasteiger charge is -2.36. The van der Waals surface area contributed by atoms with Gasteiger partial charge < -0.3 is 9.64 Å². The zero-order chi connectivity index (χ0) is 22.6. The molecule has 2 amide bonds. The van der Waals surface area contributed by atoms with E-state index in [1.54, 1.807) is 23.1 Å². The molecule has 12 heteroatoms. The van der Waals surface area contributed by atoms with Crippen LogP contribution in [-0.4, -0.2) is 91.5 Å². The average Bonchev–Trinajstić information content (AvgIpc) is 3.33. The summed E-state index contributed by atoms with van der Waals surface area (Å²) < 4.78 is 34.6. The fraction of sp³-hybridized carbons (Fsp3) is 0.500. The van der Waals surface area contributed by atoms with Crippen LogP contribution in [0.1, 0.15) is 13.3 Å². The van der Waals surface area contributed by atoms with E-state index in [-0.39, 0.29) is 31.4 Å². The van der Waals surface area contributed by atoms with Crippen LogP contribution in [0.2, 0.25) is 5.02 Å². The number of sulfonamides is 1. The first-order chi connectivity index (χ1) is 15.2. The van der Waals surface area contributed by atoms with Crippen molar-refractivity contribution in [3.63, 3.8) is 0 Å². The molecule has 9 nitrogen and oxygen atoms in total. The van der Waals surface area contributed by atoms with Gasteiger partial charge in [0.05, 0.1) is 6.04 Å². The van der Waals surface area contributed by atoms with Gasteiger partial charge in [-0.15, -0.1) is 16.4 Å². The number of thiophene rings is 1. The molecule has 0 N–H and O–H groups in total. The van der Waals surface area contributed by atoms with Crippen LogP contribution in [0.3, 0.4) is 0 Å². The van der Waals surface area contributed by atoms with E-state index in [2.05, 4.69) is 10.0 Å². The summed E-state index contributed by atoms with van der Waals surface area (Å²) in [6, 6.07) is 6.92. The number of hydrogen-bond donors (Lipinski definition) is 0. The van der Waals surface area contributed by atoms with E-state index in [0.29, 0.717) is 34.8 Å². The summed E-state index contributed by atoms with van der Waals surface area (Å²) >= 11 is 7.24. The quantitative estimate of drug-likeness (QED) is 0.636. The van der Waals surface area contributed by atoms with Crippen molar-refractivity contribution in [2.75, 3.05) is 39.8 Å². The molecule has 2 atom stereocenters. The average molecular weight is 498 g/mol. The summed E-state index contributed by atoms with van der Waals surface area (Å²) in [5.74, 6) is 0.575. The number of nitrogens with zero attached hydrogens (tertiary/aromatic N) is 5. The number of halogens is 1. The molecule has 0 saturated carbocycles. The summed E-state index contributed by atoms with van der Waals surface area (Å²) in [6.45, 7) is 3.58. The number of fused-ring (bicyclic) bond motifs is 2. The number of urea groups is 1. The maximum Gasteiger partial charge on any atom is 0.340 e. The molecule has 2 aromatic rings. The van der Waals surface area contributed by atoms with Crippen molar-refractivity contribution in [3.05, 3.63) is 29.3 Å². The van der Waals surface area contributed by atoms with Gasteiger partial charge in [0.2, 0.25) is 5.90 Å². The van der Waals surface area contributed by atoms with Gasteiger partial charge in [0, 0.05) is 42.4 Å². The molecular formula is C20H24ClN5O4S2. The van der Waals surface area contributed by atoms with Gasteiger partial charge in [-0.05, 0) is 44.0 Å².